The lowest BCUT2D eigenvalue weighted by Crippen LogP contribution is -2.24. The zero-order chi connectivity index (χ0) is 15.2. The van der Waals surface area contributed by atoms with Crippen LogP contribution >= 0.6 is 15.9 Å². The molecule has 0 radical (unpaired) electrons. The Morgan fingerprint density at radius 2 is 1.76 bits per heavy atom. The topological polar surface area (TPSA) is 55.1 Å². The van der Waals surface area contributed by atoms with Crippen molar-refractivity contribution in [3.8, 4) is 0 Å². The Hall–Kier alpha value is -2.07. The van der Waals surface area contributed by atoms with Crippen LogP contribution in [0.15, 0.2) is 59.1 Å². The van der Waals surface area contributed by atoms with Crippen molar-refractivity contribution < 1.29 is 4.79 Å². The summed E-state index contributed by atoms with van der Waals surface area (Å²) in [6.45, 7) is 1.96. The van der Waals surface area contributed by atoms with Gasteiger partial charge in [0.05, 0.1) is 6.04 Å². The van der Waals surface area contributed by atoms with Crippen molar-refractivity contribution in [2.24, 2.45) is 0 Å². The van der Waals surface area contributed by atoms with Crippen LogP contribution in [0, 0.1) is 0 Å². The van der Waals surface area contributed by atoms with Gasteiger partial charge in [0.25, 0.3) is 0 Å². The van der Waals surface area contributed by atoms with Crippen molar-refractivity contribution >= 4 is 33.6 Å². The molecule has 0 saturated carbocycles. The van der Waals surface area contributed by atoms with Crippen LogP contribution in [0.2, 0.25) is 0 Å². The lowest BCUT2D eigenvalue weighted by Gasteiger charge is -2.12. The quantitative estimate of drug-likeness (QED) is 0.652. The molecule has 0 bridgehead atoms. The van der Waals surface area contributed by atoms with E-state index in [1.807, 2.05) is 55.5 Å². The molecule has 2 aromatic carbocycles. The van der Waals surface area contributed by atoms with Crippen LogP contribution in [0.1, 0.15) is 24.1 Å². The van der Waals surface area contributed by atoms with Gasteiger partial charge in [-0.15, -0.1) is 0 Å². The predicted molar refractivity (Wildman–Crippen MR) is 90.6 cm³/mol. The van der Waals surface area contributed by atoms with Crippen molar-refractivity contribution in [3.63, 3.8) is 0 Å². The molecule has 3 N–H and O–H groups in total. The maximum absolute atomic E-state index is 11.9. The minimum Gasteiger partial charge on any atom is -0.399 e. The van der Waals surface area contributed by atoms with Gasteiger partial charge in [0.2, 0.25) is 5.91 Å². The monoisotopic (exact) mass is 344 g/mol. The summed E-state index contributed by atoms with van der Waals surface area (Å²) in [4.78, 5) is 11.9. The fraction of sp³-hybridized carbons (Fsp3) is 0.118. The molecule has 2 aromatic rings. The maximum Gasteiger partial charge on any atom is 0.244 e. The molecular weight excluding hydrogens is 328 g/mol. The number of amides is 1. The van der Waals surface area contributed by atoms with Crippen LogP contribution in [0.5, 0.6) is 0 Å². The van der Waals surface area contributed by atoms with Gasteiger partial charge in [-0.05, 0) is 48.4 Å². The van der Waals surface area contributed by atoms with E-state index >= 15 is 0 Å². The highest BCUT2D eigenvalue weighted by molar-refractivity contribution is 9.10. The number of nitrogens with one attached hydrogen (secondary N) is 1. The van der Waals surface area contributed by atoms with E-state index in [-0.39, 0.29) is 11.9 Å². The Morgan fingerprint density at radius 3 is 2.38 bits per heavy atom. The molecule has 4 heteroatoms. The van der Waals surface area contributed by atoms with Crippen LogP contribution in [-0.2, 0) is 4.79 Å². The Bertz CT molecular complexity index is 633. The molecule has 1 amide bonds. The van der Waals surface area contributed by atoms with Crippen molar-refractivity contribution in [2.75, 3.05) is 5.73 Å². The first-order chi connectivity index (χ1) is 10.0. The fourth-order valence-corrected chi connectivity index (χ4v) is 2.14. The van der Waals surface area contributed by atoms with Crippen LogP contribution < -0.4 is 11.1 Å². The summed E-state index contributed by atoms with van der Waals surface area (Å²) < 4.78 is 1.02. The highest BCUT2D eigenvalue weighted by Gasteiger charge is 2.06. The van der Waals surface area contributed by atoms with Gasteiger partial charge in [0.1, 0.15) is 0 Å². The second-order valence-electron chi connectivity index (χ2n) is 4.78. The molecule has 0 aliphatic carbocycles. The van der Waals surface area contributed by atoms with Gasteiger partial charge in [0.15, 0.2) is 0 Å². The van der Waals surface area contributed by atoms with Crippen LogP contribution in [0.4, 0.5) is 5.69 Å². The number of carbonyl (C=O) groups is 1. The molecule has 108 valence electrons. The van der Waals surface area contributed by atoms with E-state index in [1.165, 1.54) is 6.08 Å². The van der Waals surface area contributed by atoms with Crippen LogP contribution in [-0.4, -0.2) is 5.91 Å². The second kappa shape index (κ2) is 7.09. The summed E-state index contributed by atoms with van der Waals surface area (Å²) in [6, 6.07) is 15.2. The molecule has 0 aliphatic heterocycles. The first kappa shape index (κ1) is 15.3. The molecule has 3 nitrogen and oxygen atoms in total. The highest BCUT2D eigenvalue weighted by Crippen LogP contribution is 2.16. The largest absolute Gasteiger partial charge is 0.399 e. The van der Waals surface area contributed by atoms with Crippen molar-refractivity contribution in [1.29, 1.82) is 0 Å². The molecule has 0 spiro atoms. The van der Waals surface area contributed by atoms with Gasteiger partial charge in [0, 0.05) is 16.2 Å². The van der Waals surface area contributed by atoms with Crippen molar-refractivity contribution in [2.45, 2.75) is 13.0 Å². The number of nitrogen functional groups attached to an aromatic ring is 1. The van der Waals surface area contributed by atoms with Gasteiger partial charge < -0.3 is 11.1 Å². The summed E-state index contributed by atoms with van der Waals surface area (Å²) in [5.74, 6) is -0.123. The Labute approximate surface area is 133 Å². The van der Waals surface area contributed by atoms with Gasteiger partial charge in [-0.3, -0.25) is 4.79 Å². The van der Waals surface area contributed by atoms with E-state index in [0.717, 1.165) is 15.6 Å². The average molecular weight is 345 g/mol. The minimum atomic E-state index is -0.123. The highest BCUT2D eigenvalue weighted by atomic mass is 79.9. The number of benzene rings is 2. The SMILES string of the molecule is C[C@@H](NC(=O)/C=C/c1ccc(N)cc1)c1ccc(Br)cc1. The van der Waals surface area contributed by atoms with E-state index in [0.29, 0.717) is 5.69 Å². The van der Waals surface area contributed by atoms with Gasteiger partial charge in [-0.1, -0.05) is 40.2 Å². The number of anilines is 1. The summed E-state index contributed by atoms with van der Waals surface area (Å²) in [7, 11) is 0. The van der Waals surface area contributed by atoms with E-state index in [1.54, 1.807) is 6.08 Å². The average Bonchev–Trinajstić information content (AvgIpc) is 2.47. The molecule has 2 rings (SSSR count). The van der Waals surface area contributed by atoms with Crippen LogP contribution in [0.3, 0.4) is 0 Å². The van der Waals surface area contributed by atoms with Gasteiger partial charge >= 0.3 is 0 Å². The van der Waals surface area contributed by atoms with Crippen molar-refractivity contribution in [3.05, 3.63) is 70.2 Å². The molecular formula is C17H17BrN2O. The van der Waals surface area contributed by atoms with Gasteiger partial charge in [-0.2, -0.15) is 0 Å². The molecule has 0 unspecified atom stereocenters. The zero-order valence-corrected chi connectivity index (χ0v) is 13.3. The molecule has 1 atom stereocenters. The summed E-state index contributed by atoms with van der Waals surface area (Å²) >= 11 is 3.39. The minimum absolute atomic E-state index is 0.0401. The van der Waals surface area contributed by atoms with E-state index < -0.39 is 0 Å². The summed E-state index contributed by atoms with van der Waals surface area (Å²) in [5, 5.41) is 2.93. The number of nitrogens with two attached hydrogens (primary N) is 1. The maximum atomic E-state index is 11.9. The Morgan fingerprint density at radius 1 is 1.14 bits per heavy atom. The van der Waals surface area contributed by atoms with E-state index in [4.69, 9.17) is 5.73 Å². The number of rotatable bonds is 4. The van der Waals surface area contributed by atoms with Gasteiger partial charge in [-0.25, -0.2) is 0 Å². The first-order valence-electron chi connectivity index (χ1n) is 6.64. The number of carbonyl (C=O) groups excluding carboxylic acids is 1. The number of hydrogen-bond donors (Lipinski definition) is 2. The summed E-state index contributed by atoms with van der Waals surface area (Å²) in [6.07, 6.45) is 3.30. The van der Waals surface area contributed by atoms with E-state index in [9.17, 15) is 4.79 Å². The third-order valence-corrected chi connectivity index (χ3v) is 3.62. The number of hydrogen-bond acceptors (Lipinski definition) is 2. The Kier molecular flexibility index (Phi) is 5.17. The lowest BCUT2D eigenvalue weighted by molar-refractivity contribution is -0.117. The molecule has 0 fully saturated rings. The lowest BCUT2D eigenvalue weighted by atomic mass is 10.1. The molecule has 0 aliphatic rings. The number of halogens is 1. The standard InChI is InChI=1S/C17H17BrN2O/c1-12(14-5-7-15(18)8-6-14)20-17(21)11-4-13-2-9-16(19)10-3-13/h2-12H,19H2,1H3,(H,20,21)/b11-4+/t12-/m1/s1. The smallest absolute Gasteiger partial charge is 0.244 e. The van der Waals surface area contributed by atoms with Crippen LogP contribution in [0.25, 0.3) is 6.08 Å². The third kappa shape index (κ3) is 4.76. The molecule has 0 saturated heterocycles. The normalized spacial score (nSPS) is 12.3. The predicted octanol–water partition coefficient (Wildman–Crippen LogP) is 3.92. The second-order valence-corrected chi connectivity index (χ2v) is 5.70. The molecule has 0 aromatic heterocycles. The summed E-state index contributed by atoms with van der Waals surface area (Å²) in [5.41, 5.74) is 8.33. The fourth-order valence-electron chi connectivity index (χ4n) is 1.88. The molecule has 21 heavy (non-hydrogen) atoms. The molecule has 0 heterocycles. The van der Waals surface area contributed by atoms with E-state index in [2.05, 4.69) is 21.2 Å². The first-order valence-corrected chi connectivity index (χ1v) is 7.43. The zero-order valence-electron chi connectivity index (χ0n) is 11.7. The third-order valence-electron chi connectivity index (χ3n) is 3.09. The van der Waals surface area contributed by atoms with Crippen molar-refractivity contribution in [1.82, 2.24) is 5.32 Å². The Balaban J connectivity index is 1.94.